The number of carboxylic acid groups (broad SMARTS) is 1. The van der Waals surface area contributed by atoms with Crippen molar-refractivity contribution >= 4 is 17.5 Å². The number of likely N-dealkylation sites (tertiary alicyclic amines) is 1. The van der Waals surface area contributed by atoms with Crippen LogP contribution in [0.4, 0.5) is 13.2 Å². The van der Waals surface area contributed by atoms with Gasteiger partial charge in [0.1, 0.15) is 5.82 Å². The smallest absolute Gasteiger partial charge is 0.475 e. The Kier molecular flexibility index (Phi) is 7.88. The van der Waals surface area contributed by atoms with Crippen molar-refractivity contribution in [2.45, 2.75) is 56.8 Å². The molecule has 192 valence electrons. The number of aromatic nitrogens is 3. The van der Waals surface area contributed by atoms with Crippen LogP contribution in [0.5, 0.6) is 0 Å². The van der Waals surface area contributed by atoms with Crippen molar-refractivity contribution < 1.29 is 27.9 Å². The van der Waals surface area contributed by atoms with Crippen molar-refractivity contribution in [2.24, 2.45) is 0 Å². The molecular weight excluding hydrogens is 475 g/mol. The fourth-order valence-corrected chi connectivity index (χ4v) is 4.69. The predicted octanol–water partition coefficient (Wildman–Crippen LogP) is 4.02. The van der Waals surface area contributed by atoms with E-state index in [9.17, 15) is 18.0 Å². The Balaban J connectivity index is 0.000000384. The number of amides is 1. The summed E-state index contributed by atoms with van der Waals surface area (Å²) in [4.78, 5) is 24.0. The molecule has 11 heteroatoms. The Morgan fingerprint density at radius 3 is 2.39 bits per heavy atom. The summed E-state index contributed by atoms with van der Waals surface area (Å²) >= 11 is 0. The van der Waals surface area contributed by atoms with Gasteiger partial charge in [-0.25, -0.2) is 4.79 Å². The van der Waals surface area contributed by atoms with Gasteiger partial charge in [-0.05, 0) is 43.5 Å². The molecular formula is C25H28F3N5O3. The van der Waals surface area contributed by atoms with Gasteiger partial charge < -0.3 is 10.4 Å². The highest BCUT2D eigenvalue weighted by atomic mass is 19.4. The molecule has 1 aliphatic carbocycles. The lowest BCUT2D eigenvalue weighted by Gasteiger charge is -2.16. The Morgan fingerprint density at radius 2 is 1.72 bits per heavy atom. The summed E-state index contributed by atoms with van der Waals surface area (Å²) in [7, 11) is 0. The normalized spacial score (nSPS) is 18.7. The summed E-state index contributed by atoms with van der Waals surface area (Å²) in [6.07, 6.45) is 2.48. The minimum Gasteiger partial charge on any atom is -0.475 e. The molecule has 1 amide bonds. The van der Waals surface area contributed by atoms with E-state index >= 15 is 0 Å². The van der Waals surface area contributed by atoms with Gasteiger partial charge in [0.25, 0.3) is 5.91 Å². The molecule has 5 rings (SSSR count). The lowest BCUT2D eigenvalue weighted by Crippen LogP contribution is -2.32. The maximum Gasteiger partial charge on any atom is 0.490 e. The van der Waals surface area contributed by atoms with Gasteiger partial charge in [0, 0.05) is 31.2 Å². The Morgan fingerprint density at radius 1 is 1.03 bits per heavy atom. The summed E-state index contributed by atoms with van der Waals surface area (Å²) in [6.45, 7) is 2.98. The average molecular weight is 504 g/mol. The number of fused-ring (bicyclic) bond motifs is 1. The molecule has 0 radical (unpaired) electrons. The highest BCUT2D eigenvalue weighted by Crippen LogP contribution is 2.28. The minimum atomic E-state index is -5.08. The molecule has 36 heavy (non-hydrogen) atoms. The monoisotopic (exact) mass is 503 g/mol. The van der Waals surface area contributed by atoms with Crippen LogP contribution in [0.1, 0.15) is 59.8 Å². The van der Waals surface area contributed by atoms with Crippen molar-refractivity contribution in [1.29, 1.82) is 0 Å². The van der Waals surface area contributed by atoms with E-state index in [0.717, 1.165) is 50.4 Å². The number of pyridine rings is 1. The number of benzene rings is 1. The van der Waals surface area contributed by atoms with Gasteiger partial charge in [0.15, 0.2) is 5.65 Å². The topological polar surface area (TPSA) is 99.8 Å². The molecule has 8 nitrogen and oxygen atoms in total. The second-order valence-corrected chi connectivity index (χ2v) is 9.17. The molecule has 2 N–H and O–H groups in total. The molecule has 1 aliphatic heterocycles. The zero-order chi connectivity index (χ0) is 25.7. The van der Waals surface area contributed by atoms with Gasteiger partial charge in [-0.15, -0.1) is 10.2 Å². The predicted molar refractivity (Wildman–Crippen MR) is 125 cm³/mol. The van der Waals surface area contributed by atoms with Crippen LogP contribution in [0, 0.1) is 0 Å². The first-order valence-corrected chi connectivity index (χ1v) is 11.9. The number of carbonyl (C=O) groups excluding carboxylic acids is 1. The standard InChI is InChI=1S/C23H27N5O.C2HF3O2/c29-23(24-20-8-4-5-9-20)19-10-11-21-25-26-22(28(21)16-19)18-12-13-27(15-18)14-17-6-2-1-3-7-17;3-2(4,5)1(6)7/h1-3,6-7,10-11,16,18,20H,4-5,8-9,12-15H2,(H,24,29);(H,6,7). The third-order valence-corrected chi connectivity index (χ3v) is 6.51. The van der Waals surface area contributed by atoms with E-state index in [-0.39, 0.29) is 5.91 Å². The third-order valence-electron chi connectivity index (χ3n) is 6.51. The van der Waals surface area contributed by atoms with Gasteiger partial charge in [0.05, 0.1) is 5.56 Å². The quantitative estimate of drug-likeness (QED) is 0.546. The number of halogens is 3. The molecule has 2 aromatic heterocycles. The van der Waals surface area contributed by atoms with Crippen molar-refractivity contribution in [3.63, 3.8) is 0 Å². The number of nitrogens with one attached hydrogen (secondary N) is 1. The van der Waals surface area contributed by atoms with Crippen molar-refractivity contribution in [2.75, 3.05) is 13.1 Å². The molecule has 0 spiro atoms. The van der Waals surface area contributed by atoms with Gasteiger partial charge in [-0.1, -0.05) is 43.2 Å². The number of carboxylic acids is 1. The fourth-order valence-electron chi connectivity index (χ4n) is 4.69. The highest BCUT2D eigenvalue weighted by Gasteiger charge is 2.38. The fraction of sp³-hybridized carbons (Fsp3) is 0.440. The van der Waals surface area contributed by atoms with Gasteiger partial charge in [-0.3, -0.25) is 14.1 Å². The van der Waals surface area contributed by atoms with Crippen molar-refractivity contribution in [1.82, 2.24) is 24.8 Å². The Bertz CT molecular complexity index is 1190. The number of nitrogens with zero attached hydrogens (tertiary/aromatic N) is 4. The number of rotatable bonds is 5. The van der Waals surface area contributed by atoms with Gasteiger partial charge >= 0.3 is 12.1 Å². The Hall–Kier alpha value is -3.47. The molecule has 2 aliphatic rings. The molecule has 1 saturated heterocycles. The number of alkyl halides is 3. The lowest BCUT2D eigenvalue weighted by molar-refractivity contribution is -0.192. The summed E-state index contributed by atoms with van der Waals surface area (Å²) in [6, 6.07) is 14.7. The van der Waals surface area contributed by atoms with E-state index in [0.29, 0.717) is 17.5 Å². The first-order valence-electron chi connectivity index (χ1n) is 11.9. The number of hydrogen-bond acceptors (Lipinski definition) is 5. The largest absolute Gasteiger partial charge is 0.490 e. The molecule has 1 aromatic carbocycles. The van der Waals surface area contributed by atoms with E-state index < -0.39 is 12.1 Å². The van der Waals surface area contributed by atoms with Crippen LogP contribution in [-0.2, 0) is 11.3 Å². The van der Waals surface area contributed by atoms with Crippen LogP contribution in [0.15, 0.2) is 48.7 Å². The molecule has 3 aromatic rings. The van der Waals surface area contributed by atoms with Gasteiger partial charge in [0.2, 0.25) is 0 Å². The maximum atomic E-state index is 12.7. The first kappa shape index (κ1) is 25.6. The number of hydrogen-bond donors (Lipinski definition) is 2. The summed E-state index contributed by atoms with van der Waals surface area (Å²) in [5.41, 5.74) is 2.83. The molecule has 1 unspecified atom stereocenters. The van der Waals surface area contributed by atoms with Crippen LogP contribution in [0.25, 0.3) is 5.65 Å². The highest BCUT2D eigenvalue weighted by molar-refractivity contribution is 5.94. The van der Waals surface area contributed by atoms with E-state index in [4.69, 9.17) is 9.90 Å². The van der Waals surface area contributed by atoms with E-state index in [1.54, 1.807) is 0 Å². The second kappa shape index (κ2) is 11.1. The first-order chi connectivity index (χ1) is 17.2. The third kappa shape index (κ3) is 6.39. The summed E-state index contributed by atoms with van der Waals surface area (Å²) in [5.74, 6) is -1.45. The number of carbonyl (C=O) groups is 2. The molecule has 1 atom stereocenters. The second-order valence-electron chi connectivity index (χ2n) is 9.17. The van der Waals surface area contributed by atoms with Crippen LogP contribution < -0.4 is 5.32 Å². The molecule has 0 bridgehead atoms. The van der Waals surface area contributed by atoms with Crippen molar-refractivity contribution in [3.8, 4) is 0 Å². The summed E-state index contributed by atoms with van der Waals surface area (Å²) in [5, 5.41) is 19.1. The van der Waals surface area contributed by atoms with E-state index in [1.807, 2.05) is 22.7 Å². The van der Waals surface area contributed by atoms with Crippen molar-refractivity contribution in [3.05, 3.63) is 65.6 Å². The zero-order valence-corrected chi connectivity index (χ0v) is 19.6. The molecule has 3 heterocycles. The van der Waals surface area contributed by atoms with E-state index in [2.05, 4.69) is 50.7 Å². The minimum absolute atomic E-state index is 0.00979. The van der Waals surface area contributed by atoms with Gasteiger partial charge in [-0.2, -0.15) is 13.2 Å². The van der Waals surface area contributed by atoms with Crippen LogP contribution >= 0.6 is 0 Å². The van der Waals surface area contributed by atoms with Crippen LogP contribution in [0.3, 0.4) is 0 Å². The van der Waals surface area contributed by atoms with Crippen LogP contribution in [-0.4, -0.2) is 61.8 Å². The van der Waals surface area contributed by atoms with E-state index in [1.165, 1.54) is 18.4 Å². The SMILES string of the molecule is O=C(NC1CCCC1)c1ccc2nnc(C3CCN(Cc4ccccc4)C3)n2c1.O=C(O)C(F)(F)F. The molecule has 1 saturated carbocycles. The Labute approximate surface area is 206 Å². The van der Waals surface area contributed by atoms with Crippen LogP contribution in [0.2, 0.25) is 0 Å². The number of aliphatic carboxylic acids is 1. The maximum absolute atomic E-state index is 12.7. The zero-order valence-electron chi connectivity index (χ0n) is 19.6. The lowest BCUT2D eigenvalue weighted by atomic mass is 10.1. The average Bonchev–Trinajstić information content (AvgIpc) is 3.60. The summed E-state index contributed by atoms with van der Waals surface area (Å²) < 4.78 is 33.8. The molecule has 2 fully saturated rings.